The molecule has 2 rings (SSSR count). The molecule has 0 saturated carbocycles. The van der Waals surface area contributed by atoms with Gasteiger partial charge in [-0.25, -0.2) is 4.68 Å². The lowest BCUT2D eigenvalue weighted by Crippen LogP contribution is -2.33. The van der Waals surface area contributed by atoms with E-state index < -0.39 is 0 Å². The first-order valence-corrected chi connectivity index (χ1v) is 6.97. The van der Waals surface area contributed by atoms with Crippen LogP contribution in [-0.4, -0.2) is 40.8 Å². The summed E-state index contributed by atoms with van der Waals surface area (Å²) in [6.07, 6.45) is 0. The van der Waals surface area contributed by atoms with Gasteiger partial charge in [0.05, 0.1) is 6.54 Å². The Labute approximate surface area is 128 Å². The van der Waals surface area contributed by atoms with Crippen molar-refractivity contribution in [1.29, 1.82) is 0 Å². The van der Waals surface area contributed by atoms with Crippen LogP contribution in [0.1, 0.15) is 16.1 Å². The van der Waals surface area contributed by atoms with Gasteiger partial charge in [0, 0.05) is 20.2 Å². The lowest BCUT2D eigenvalue weighted by molar-refractivity contribution is 0.0765. The van der Waals surface area contributed by atoms with E-state index >= 15 is 0 Å². The summed E-state index contributed by atoms with van der Waals surface area (Å²) in [4.78, 5) is 25.0. The summed E-state index contributed by atoms with van der Waals surface area (Å²) in [5.74, 6) is 0.563. The molecule has 22 heavy (non-hydrogen) atoms. The molecule has 0 atom stereocenters. The Hall–Kier alpha value is -2.63. The summed E-state index contributed by atoms with van der Waals surface area (Å²) in [7, 11) is 3.19. The maximum atomic E-state index is 12.2. The first kappa shape index (κ1) is 15.8. The van der Waals surface area contributed by atoms with E-state index in [0.29, 0.717) is 13.2 Å². The number of likely N-dealkylation sites (N-methyl/N-ethyl adjacent to an activating group) is 1. The summed E-state index contributed by atoms with van der Waals surface area (Å²) in [6, 6.07) is 10.5. The van der Waals surface area contributed by atoms with E-state index in [-0.39, 0.29) is 17.2 Å². The number of rotatable bonds is 5. The zero-order valence-corrected chi connectivity index (χ0v) is 12.9. The number of para-hydroxylation sites is 1. The molecule has 6 heteroatoms. The van der Waals surface area contributed by atoms with Crippen molar-refractivity contribution in [2.24, 2.45) is 7.05 Å². The third-order valence-corrected chi connectivity index (χ3v) is 3.30. The predicted octanol–water partition coefficient (Wildman–Crippen LogP) is 1.24. The molecule has 0 N–H and O–H groups in total. The monoisotopic (exact) mass is 301 g/mol. The summed E-state index contributed by atoms with van der Waals surface area (Å²) >= 11 is 0. The first-order chi connectivity index (χ1) is 10.5. The number of aromatic nitrogens is 2. The van der Waals surface area contributed by atoms with E-state index in [9.17, 15) is 9.59 Å². The van der Waals surface area contributed by atoms with Gasteiger partial charge in [0.1, 0.15) is 18.1 Å². The maximum Gasteiger partial charge on any atom is 0.274 e. The molecular weight excluding hydrogens is 282 g/mol. The molecule has 0 bridgehead atoms. The molecule has 6 nitrogen and oxygen atoms in total. The number of ether oxygens (including phenoxy) is 1. The van der Waals surface area contributed by atoms with Crippen molar-refractivity contribution in [3.05, 3.63) is 58.0 Å². The van der Waals surface area contributed by atoms with E-state index in [0.717, 1.165) is 16.0 Å². The highest BCUT2D eigenvalue weighted by Gasteiger charge is 2.14. The Kier molecular flexibility index (Phi) is 4.93. The quantitative estimate of drug-likeness (QED) is 0.833. The van der Waals surface area contributed by atoms with Gasteiger partial charge in [0.15, 0.2) is 0 Å². The largest absolute Gasteiger partial charge is 0.491 e. The molecule has 0 aliphatic rings. The molecule has 2 aromatic rings. The molecule has 1 amide bonds. The standard InChI is InChI=1S/C16H19N3O3/c1-12-6-4-5-7-14(12)22-11-10-18(2)16(21)13-8-9-15(20)19(3)17-13/h4-9H,10-11H2,1-3H3. The molecule has 0 radical (unpaired) electrons. The lowest BCUT2D eigenvalue weighted by Gasteiger charge is -2.17. The topological polar surface area (TPSA) is 64.4 Å². The Bertz CT molecular complexity index is 725. The average Bonchev–Trinajstić information content (AvgIpc) is 2.51. The molecular formula is C16H19N3O3. The normalized spacial score (nSPS) is 10.3. The van der Waals surface area contributed by atoms with Crippen LogP contribution in [0.4, 0.5) is 0 Å². The van der Waals surface area contributed by atoms with E-state index in [1.165, 1.54) is 24.1 Å². The van der Waals surface area contributed by atoms with Crippen LogP contribution in [0.2, 0.25) is 0 Å². The van der Waals surface area contributed by atoms with Crippen LogP contribution in [-0.2, 0) is 7.05 Å². The fourth-order valence-electron chi connectivity index (χ4n) is 1.92. The smallest absolute Gasteiger partial charge is 0.274 e. The van der Waals surface area contributed by atoms with Crippen molar-refractivity contribution in [1.82, 2.24) is 14.7 Å². The second-order valence-corrected chi connectivity index (χ2v) is 5.02. The van der Waals surface area contributed by atoms with Crippen LogP contribution >= 0.6 is 0 Å². The predicted molar refractivity (Wildman–Crippen MR) is 83.1 cm³/mol. The van der Waals surface area contributed by atoms with Crippen molar-refractivity contribution in [2.75, 3.05) is 20.2 Å². The fraction of sp³-hybridized carbons (Fsp3) is 0.312. The summed E-state index contributed by atoms with van der Waals surface area (Å²) in [5, 5.41) is 3.95. The third-order valence-electron chi connectivity index (χ3n) is 3.30. The molecule has 0 unspecified atom stereocenters. The minimum absolute atomic E-state index is 0.237. The van der Waals surface area contributed by atoms with Crippen LogP contribution in [0.25, 0.3) is 0 Å². The molecule has 1 aromatic carbocycles. The zero-order chi connectivity index (χ0) is 16.1. The summed E-state index contributed by atoms with van der Waals surface area (Å²) < 4.78 is 6.81. The van der Waals surface area contributed by atoms with Crippen molar-refractivity contribution < 1.29 is 9.53 Å². The molecule has 1 heterocycles. The van der Waals surface area contributed by atoms with Crippen LogP contribution in [0.15, 0.2) is 41.2 Å². The van der Waals surface area contributed by atoms with Gasteiger partial charge >= 0.3 is 0 Å². The van der Waals surface area contributed by atoms with Crippen molar-refractivity contribution in [2.45, 2.75) is 6.92 Å². The molecule has 0 aliphatic carbocycles. The minimum atomic E-state index is -0.248. The second kappa shape index (κ2) is 6.89. The van der Waals surface area contributed by atoms with E-state index in [1.54, 1.807) is 7.05 Å². The van der Waals surface area contributed by atoms with Crippen LogP contribution in [0, 0.1) is 6.92 Å². The molecule has 0 spiro atoms. The number of benzene rings is 1. The van der Waals surface area contributed by atoms with Crippen molar-refractivity contribution >= 4 is 5.91 Å². The molecule has 116 valence electrons. The van der Waals surface area contributed by atoms with Crippen molar-refractivity contribution in [3.8, 4) is 5.75 Å². The number of carbonyl (C=O) groups is 1. The highest BCUT2D eigenvalue weighted by Crippen LogP contribution is 2.15. The minimum Gasteiger partial charge on any atom is -0.491 e. The van der Waals surface area contributed by atoms with E-state index in [2.05, 4.69) is 5.10 Å². The number of carbonyl (C=O) groups excluding carboxylic acids is 1. The number of nitrogens with zero attached hydrogens (tertiary/aromatic N) is 3. The van der Waals surface area contributed by atoms with E-state index in [1.807, 2.05) is 31.2 Å². The third kappa shape index (κ3) is 3.72. The molecule has 0 saturated heterocycles. The Morgan fingerprint density at radius 1 is 1.27 bits per heavy atom. The van der Waals surface area contributed by atoms with Gasteiger partial charge in [-0.3, -0.25) is 9.59 Å². The highest BCUT2D eigenvalue weighted by atomic mass is 16.5. The SMILES string of the molecule is Cc1ccccc1OCCN(C)C(=O)c1ccc(=O)n(C)n1. The summed E-state index contributed by atoms with van der Waals surface area (Å²) in [6.45, 7) is 2.79. The van der Waals surface area contributed by atoms with Gasteiger partial charge in [0.2, 0.25) is 0 Å². The Morgan fingerprint density at radius 3 is 2.68 bits per heavy atom. The lowest BCUT2D eigenvalue weighted by atomic mass is 10.2. The van der Waals surface area contributed by atoms with E-state index in [4.69, 9.17) is 4.74 Å². The Morgan fingerprint density at radius 2 is 2.00 bits per heavy atom. The number of amides is 1. The van der Waals surface area contributed by atoms with Gasteiger partial charge < -0.3 is 9.64 Å². The number of aryl methyl sites for hydroxylation is 2. The maximum absolute atomic E-state index is 12.2. The van der Waals surface area contributed by atoms with Gasteiger partial charge in [-0.15, -0.1) is 0 Å². The first-order valence-electron chi connectivity index (χ1n) is 6.97. The summed E-state index contributed by atoms with van der Waals surface area (Å²) in [5.41, 5.74) is 1.04. The molecule has 0 fully saturated rings. The second-order valence-electron chi connectivity index (χ2n) is 5.02. The van der Waals surface area contributed by atoms with Gasteiger partial charge in [0.25, 0.3) is 11.5 Å². The Balaban J connectivity index is 1.93. The average molecular weight is 301 g/mol. The van der Waals surface area contributed by atoms with Gasteiger partial charge in [-0.2, -0.15) is 5.10 Å². The van der Waals surface area contributed by atoms with Crippen LogP contribution < -0.4 is 10.3 Å². The number of hydrogen-bond donors (Lipinski definition) is 0. The number of hydrogen-bond acceptors (Lipinski definition) is 4. The van der Waals surface area contributed by atoms with Crippen molar-refractivity contribution in [3.63, 3.8) is 0 Å². The van der Waals surface area contributed by atoms with Gasteiger partial charge in [-0.05, 0) is 24.6 Å². The highest BCUT2D eigenvalue weighted by molar-refractivity contribution is 5.91. The van der Waals surface area contributed by atoms with Crippen LogP contribution in [0.3, 0.4) is 0 Å². The zero-order valence-electron chi connectivity index (χ0n) is 12.9. The molecule has 0 aliphatic heterocycles. The fourth-order valence-corrected chi connectivity index (χ4v) is 1.92. The van der Waals surface area contributed by atoms with Gasteiger partial charge in [-0.1, -0.05) is 18.2 Å². The van der Waals surface area contributed by atoms with Crippen LogP contribution in [0.5, 0.6) is 5.75 Å². The molecule has 1 aromatic heterocycles.